The maximum absolute atomic E-state index is 11.1. The summed E-state index contributed by atoms with van der Waals surface area (Å²) in [5.41, 5.74) is 0. The molecule has 5 nitrogen and oxygen atoms in total. The van der Waals surface area contributed by atoms with Crippen LogP contribution in [0, 0.1) is 11.8 Å². The molecule has 0 heterocycles. The van der Waals surface area contributed by atoms with Crippen LogP contribution in [0.4, 0.5) is 0 Å². The first-order chi connectivity index (χ1) is 9.23. The molecule has 0 saturated carbocycles. The van der Waals surface area contributed by atoms with Gasteiger partial charge >= 0.3 is 5.97 Å². The van der Waals surface area contributed by atoms with Gasteiger partial charge in [-0.2, -0.15) is 0 Å². The Labute approximate surface area is 128 Å². The van der Waals surface area contributed by atoms with Crippen LogP contribution in [0.15, 0.2) is 0 Å². The van der Waals surface area contributed by atoms with Gasteiger partial charge in [-0.1, -0.05) is 35.4 Å². The van der Waals surface area contributed by atoms with Crippen LogP contribution in [0.25, 0.3) is 0 Å². The second-order valence-electron chi connectivity index (χ2n) is 5.06. The Morgan fingerprint density at radius 3 is 2.05 bits per heavy atom. The molecule has 7 heteroatoms. The maximum atomic E-state index is 11.1. The summed E-state index contributed by atoms with van der Waals surface area (Å²) in [4.78, 5) is 33.0. The molecule has 0 aliphatic heterocycles. The summed E-state index contributed by atoms with van der Waals surface area (Å²) in [7, 11) is 2.97. The molecule has 1 amide bonds. The number of carbonyl (C=O) groups excluding carboxylic acids is 2. The summed E-state index contributed by atoms with van der Waals surface area (Å²) in [6, 6.07) is 0.0704. The lowest BCUT2D eigenvalue weighted by Gasteiger charge is -2.21. The minimum absolute atomic E-state index is 0.0608. The Morgan fingerprint density at radius 1 is 1.10 bits per heavy atom. The standard InChI is InChI=1S/C13H23NO4S2/c1-8(2)12(14-10(4)16)7-20-19-6-11(13(17)18)5-9(3)15/h8,11-12H,5-7H2,1-4H3,(H,14,16)(H,17,18)/t11-,12-/m0/s1. The van der Waals surface area contributed by atoms with Gasteiger partial charge in [0.15, 0.2) is 0 Å². The number of amides is 1. The van der Waals surface area contributed by atoms with Crippen LogP contribution >= 0.6 is 21.6 Å². The molecule has 0 aromatic heterocycles. The SMILES string of the molecule is CC(=O)C[C@@H](CSSC[C@H](NC(C)=O)C(C)C)C(=O)O. The van der Waals surface area contributed by atoms with Gasteiger partial charge in [-0.05, 0) is 12.8 Å². The van der Waals surface area contributed by atoms with Gasteiger partial charge in [0.2, 0.25) is 5.91 Å². The number of nitrogens with one attached hydrogen (secondary N) is 1. The molecule has 0 aliphatic carbocycles. The van der Waals surface area contributed by atoms with Gasteiger partial charge in [0.05, 0.1) is 5.92 Å². The first-order valence-corrected chi connectivity index (χ1v) is 8.96. The predicted molar refractivity (Wildman–Crippen MR) is 83.8 cm³/mol. The highest BCUT2D eigenvalue weighted by molar-refractivity contribution is 8.76. The molecule has 0 fully saturated rings. The van der Waals surface area contributed by atoms with Crippen molar-refractivity contribution < 1.29 is 19.5 Å². The summed E-state index contributed by atoms with van der Waals surface area (Å²) in [6.07, 6.45) is 0.0716. The zero-order valence-corrected chi connectivity index (χ0v) is 14.0. The summed E-state index contributed by atoms with van der Waals surface area (Å²) < 4.78 is 0. The second-order valence-corrected chi connectivity index (χ2v) is 7.61. The highest BCUT2D eigenvalue weighted by Crippen LogP contribution is 2.27. The molecule has 0 aliphatic rings. The fourth-order valence-electron chi connectivity index (χ4n) is 1.48. The number of rotatable bonds is 10. The van der Waals surface area contributed by atoms with E-state index in [1.165, 1.54) is 35.4 Å². The summed E-state index contributed by atoms with van der Waals surface area (Å²) in [5.74, 6) is -0.312. The number of Topliss-reactive ketones (excluding diaryl/α,β-unsaturated/α-hetero) is 1. The van der Waals surface area contributed by atoms with Crippen molar-refractivity contribution >= 4 is 39.2 Å². The Hall–Kier alpha value is -0.690. The van der Waals surface area contributed by atoms with Gasteiger partial charge < -0.3 is 15.2 Å². The molecule has 0 rings (SSSR count). The second kappa shape index (κ2) is 10.1. The maximum Gasteiger partial charge on any atom is 0.307 e. The molecule has 0 aromatic rings. The van der Waals surface area contributed by atoms with E-state index in [-0.39, 0.29) is 24.2 Å². The van der Waals surface area contributed by atoms with Crippen molar-refractivity contribution in [3.05, 3.63) is 0 Å². The third kappa shape index (κ3) is 9.25. The fraction of sp³-hybridized carbons (Fsp3) is 0.769. The quantitative estimate of drug-likeness (QED) is 0.474. The molecule has 2 atom stereocenters. The molecular formula is C13H23NO4S2. The largest absolute Gasteiger partial charge is 0.481 e. The number of carbonyl (C=O) groups is 3. The Morgan fingerprint density at radius 2 is 1.65 bits per heavy atom. The van der Waals surface area contributed by atoms with Crippen LogP contribution in [-0.4, -0.2) is 40.3 Å². The molecule has 0 spiro atoms. The van der Waals surface area contributed by atoms with E-state index < -0.39 is 11.9 Å². The van der Waals surface area contributed by atoms with Crippen LogP contribution in [0.2, 0.25) is 0 Å². The van der Waals surface area contributed by atoms with Crippen molar-refractivity contribution in [3.8, 4) is 0 Å². The Kier molecular flexibility index (Phi) is 9.75. The van der Waals surface area contributed by atoms with Crippen molar-refractivity contribution in [2.45, 2.75) is 40.2 Å². The number of hydrogen-bond acceptors (Lipinski definition) is 5. The molecular weight excluding hydrogens is 298 g/mol. The highest BCUT2D eigenvalue weighted by Gasteiger charge is 2.20. The topological polar surface area (TPSA) is 83.5 Å². The lowest BCUT2D eigenvalue weighted by Crippen LogP contribution is -2.38. The van der Waals surface area contributed by atoms with Crippen molar-refractivity contribution in [2.75, 3.05) is 11.5 Å². The van der Waals surface area contributed by atoms with E-state index in [0.717, 1.165) is 0 Å². The van der Waals surface area contributed by atoms with E-state index in [1.54, 1.807) is 0 Å². The molecule has 0 bridgehead atoms. The van der Waals surface area contributed by atoms with Crippen molar-refractivity contribution in [2.24, 2.45) is 11.8 Å². The van der Waals surface area contributed by atoms with E-state index in [1.807, 2.05) is 13.8 Å². The number of carboxylic acid groups (broad SMARTS) is 1. The Bertz CT molecular complexity index is 347. The molecule has 0 radical (unpaired) electrons. The monoisotopic (exact) mass is 321 g/mol. The number of hydrogen-bond donors (Lipinski definition) is 2. The average Bonchev–Trinajstić information content (AvgIpc) is 2.29. The van der Waals surface area contributed by atoms with Gasteiger partial charge in [-0.25, -0.2) is 0 Å². The van der Waals surface area contributed by atoms with E-state index in [4.69, 9.17) is 5.11 Å². The summed E-state index contributed by atoms with van der Waals surface area (Å²) >= 11 is 0. The normalized spacial score (nSPS) is 13.8. The van der Waals surface area contributed by atoms with Crippen LogP contribution in [0.1, 0.15) is 34.1 Å². The van der Waals surface area contributed by atoms with E-state index in [9.17, 15) is 14.4 Å². The highest BCUT2D eigenvalue weighted by atomic mass is 33.1. The van der Waals surface area contributed by atoms with E-state index in [0.29, 0.717) is 17.4 Å². The van der Waals surface area contributed by atoms with Gasteiger partial charge in [0.1, 0.15) is 5.78 Å². The molecule has 0 aromatic carbocycles. The first kappa shape index (κ1) is 19.3. The molecule has 2 N–H and O–H groups in total. The van der Waals surface area contributed by atoms with Crippen molar-refractivity contribution in [1.29, 1.82) is 0 Å². The minimum Gasteiger partial charge on any atom is -0.481 e. The molecule has 116 valence electrons. The fourth-order valence-corrected chi connectivity index (χ4v) is 4.22. The van der Waals surface area contributed by atoms with Crippen LogP contribution in [0.5, 0.6) is 0 Å². The smallest absolute Gasteiger partial charge is 0.307 e. The van der Waals surface area contributed by atoms with Crippen molar-refractivity contribution in [3.63, 3.8) is 0 Å². The van der Waals surface area contributed by atoms with Crippen LogP contribution in [0.3, 0.4) is 0 Å². The number of carboxylic acids is 1. The summed E-state index contributed by atoms with van der Waals surface area (Å²) in [6.45, 7) is 6.95. The van der Waals surface area contributed by atoms with Gasteiger partial charge in [-0.3, -0.25) is 9.59 Å². The van der Waals surface area contributed by atoms with Crippen LogP contribution in [-0.2, 0) is 14.4 Å². The molecule has 0 unspecified atom stereocenters. The third-order valence-corrected chi connectivity index (χ3v) is 5.19. The summed E-state index contributed by atoms with van der Waals surface area (Å²) in [5, 5.41) is 11.9. The Balaban J connectivity index is 4.10. The molecule has 20 heavy (non-hydrogen) atoms. The lowest BCUT2D eigenvalue weighted by molar-refractivity contribution is -0.142. The molecule has 0 saturated heterocycles. The van der Waals surface area contributed by atoms with Gasteiger partial charge in [-0.15, -0.1) is 0 Å². The third-order valence-electron chi connectivity index (χ3n) is 2.68. The van der Waals surface area contributed by atoms with E-state index >= 15 is 0 Å². The van der Waals surface area contributed by atoms with Gasteiger partial charge in [0.25, 0.3) is 0 Å². The minimum atomic E-state index is -0.935. The van der Waals surface area contributed by atoms with Crippen LogP contribution < -0.4 is 5.32 Å². The zero-order valence-electron chi connectivity index (χ0n) is 12.3. The predicted octanol–water partition coefficient (Wildman–Crippen LogP) is 2.21. The number of aliphatic carboxylic acids is 1. The first-order valence-electron chi connectivity index (χ1n) is 6.47. The van der Waals surface area contributed by atoms with Crippen molar-refractivity contribution in [1.82, 2.24) is 5.32 Å². The lowest BCUT2D eigenvalue weighted by atomic mass is 10.1. The zero-order chi connectivity index (χ0) is 15.7. The van der Waals surface area contributed by atoms with Gasteiger partial charge in [0, 0.05) is 30.9 Å². The average molecular weight is 321 g/mol. The van der Waals surface area contributed by atoms with E-state index in [2.05, 4.69) is 5.32 Å². The number of ketones is 1.